The zero-order valence-electron chi connectivity index (χ0n) is 14.1. The average molecular weight is 503 g/mol. The molecule has 0 saturated carbocycles. The molecule has 3 rings (SSSR count). The van der Waals surface area contributed by atoms with Gasteiger partial charge in [-0.25, -0.2) is 4.98 Å². The van der Waals surface area contributed by atoms with Gasteiger partial charge in [0.15, 0.2) is 0 Å². The quantitative estimate of drug-likeness (QED) is 0.435. The molecule has 0 fully saturated rings. The van der Waals surface area contributed by atoms with E-state index >= 15 is 0 Å². The zero-order valence-corrected chi connectivity index (χ0v) is 16.5. The highest BCUT2D eigenvalue weighted by molar-refractivity contribution is 9.10. The van der Waals surface area contributed by atoms with E-state index in [9.17, 15) is 31.4 Å². The summed E-state index contributed by atoms with van der Waals surface area (Å²) in [7, 11) is 0. The molecule has 12 heteroatoms. The lowest BCUT2D eigenvalue weighted by Gasteiger charge is -2.31. The summed E-state index contributed by atoms with van der Waals surface area (Å²) < 4.78 is 80.4. The monoisotopic (exact) mass is 501 g/mol. The number of pyridine rings is 1. The lowest BCUT2D eigenvalue weighted by molar-refractivity contribution is -0.338. The Morgan fingerprint density at radius 3 is 2.17 bits per heavy atom. The van der Waals surface area contributed by atoms with E-state index in [0.29, 0.717) is 10.2 Å². The van der Waals surface area contributed by atoms with E-state index < -0.39 is 36.1 Å². The maximum absolute atomic E-state index is 13.3. The van der Waals surface area contributed by atoms with Crippen LogP contribution in [-0.4, -0.2) is 33.8 Å². The number of nitrogens with zero attached hydrogens (tertiary/aromatic N) is 3. The SMILES string of the molecule is OC(C1=NN(c2ccccc2Cl)C(c2ccc(Br)nc2)C1)(C(F)(F)F)C(F)(F)F. The molecule has 1 unspecified atom stereocenters. The molecule has 0 bridgehead atoms. The van der Waals surface area contributed by atoms with Gasteiger partial charge in [0.05, 0.1) is 22.5 Å². The highest BCUT2D eigenvalue weighted by Crippen LogP contribution is 2.49. The molecule has 156 valence electrons. The van der Waals surface area contributed by atoms with Gasteiger partial charge in [-0.2, -0.15) is 31.4 Å². The van der Waals surface area contributed by atoms with Crippen molar-refractivity contribution in [1.82, 2.24) is 4.98 Å². The van der Waals surface area contributed by atoms with E-state index in [0.717, 1.165) is 5.01 Å². The van der Waals surface area contributed by atoms with Crippen molar-refractivity contribution < 1.29 is 31.4 Å². The van der Waals surface area contributed by atoms with Gasteiger partial charge in [0.25, 0.3) is 5.60 Å². The fraction of sp³-hybridized carbons (Fsp3) is 0.294. The molecular formula is C17H11BrClF6N3O. The van der Waals surface area contributed by atoms with Gasteiger partial charge in [-0.3, -0.25) is 5.01 Å². The molecular weight excluding hydrogens is 492 g/mol. The largest absolute Gasteiger partial charge is 0.431 e. The van der Waals surface area contributed by atoms with Crippen LogP contribution in [0.2, 0.25) is 5.02 Å². The van der Waals surface area contributed by atoms with Crippen LogP contribution in [0.5, 0.6) is 0 Å². The van der Waals surface area contributed by atoms with Gasteiger partial charge in [0.2, 0.25) is 0 Å². The van der Waals surface area contributed by atoms with Crippen LogP contribution >= 0.6 is 27.5 Å². The summed E-state index contributed by atoms with van der Waals surface area (Å²) in [5.74, 6) is 0. The second-order valence-corrected chi connectivity index (χ2v) is 7.40. The van der Waals surface area contributed by atoms with Crippen LogP contribution in [0.15, 0.2) is 52.3 Å². The Kier molecular flexibility index (Phi) is 5.61. The smallest absolute Gasteiger partial charge is 0.369 e. The van der Waals surface area contributed by atoms with Crippen LogP contribution in [0.1, 0.15) is 18.0 Å². The summed E-state index contributed by atoms with van der Waals surface area (Å²) in [4.78, 5) is 3.96. The number of benzene rings is 1. The number of aromatic nitrogens is 1. The standard InChI is InChI=1S/C17H11BrClF6N3O/c18-14-6-5-9(8-26-14)12-7-13(15(29,16(20,21)22)17(23,24)25)27-28(12)11-4-2-1-3-10(11)19/h1-6,8,12,29H,7H2. The van der Waals surface area contributed by atoms with Crippen molar-refractivity contribution in [3.63, 3.8) is 0 Å². The van der Waals surface area contributed by atoms with Gasteiger partial charge in [0.1, 0.15) is 4.60 Å². The number of halogens is 8. The number of para-hydroxylation sites is 1. The lowest BCUT2D eigenvalue weighted by atomic mass is 9.90. The molecule has 1 N–H and O–H groups in total. The first-order valence-electron chi connectivity index (χ1n) is 7.95. The van der Waals surface area contributed by atoms with Crippen LogP contribution < -0.4 is 5.01 Å². The molecule has 2 heterocycles. The van der Waals surface area contributed by atoms with E-state index in [1.165, 1.54) is 36.5 Å². The number of anilines is 1. The molecule has 0 spiro atoms. The third-order valence-electron chi connectivity index (χ3n) is 4.38. The molecule has 0 aliphatic carbocycles. The first-order chi connectivity index (χ1) is 13.4. The highest BCUT2D eigenvalue weighted by Gasteiger charge is 2.74. The Bertz CT molecular complexity index is 918. The van der Waals surface area contributed by atoms with Gasteiger partial charge in [-0.1, -0.05) is 29.8 Å². The fourth-order valence-electron chi connectivity index (χ4n) is 2.92. The molecule has 0 radical (unpaired) electrons. The molecule has 0 amide bonds. The number of rotatable bonds is 3. The highest BCUT2D eigenvalue weighted by atomic mass is 79.9. The summed E-state index contributed by atoms with van der Waals surface area (Å²) in [6.45, 7) is 0. The normalized spacial score (nSPS) is 18.2. The molecule has 0 saturated heterocycles. The Labute approximate surface area is 173 Å². The van der Waals surface area contributed by atoms with Crippen LogP contribution in [0.4, 0.5) is 32.0 Å². The maximum atomic E-state index is 13.3. The minimum atomic E-state index is -6.02. The van der Waals surface area contributed by atoms with E-state index in [1.54, 1.807) is 6.07 Å². The lowest BCUT2D eigenvalue weighted by Crippen LogP contribution is -2.62. The third-order valence-corrected chi connectivity index (χ3v) is 5.17. The molecule has 2 aromatic rings. The second-order valence-electron chi connectivity index (χ2n) is 6.18. The summed E-state index contributed by atoms with van der Waals surface area (Å²) >= 11 is 9.19. The number of hydrogen-bond acceptors (Lipinski definition) is 4. The minimum absolute atomic E-state index is 0.0649. The van der Waals surface area contributed by atoms with Crippen molar-refractivity contribution in [2.24, 2.45) is 5.10 Å². The summed E-state index contributed by atoms with van der Waals surface area (Å²) in [6.07, 6.45) is -11.6. The van der Waals surface area contributed by atoms with Crippen LogP contribution in [0.25, 0.3) is 0 Å². The van der Waals surface area contributed by atoms with E-state index in [4.69, 9.17) is 11.6 Å². The van der Waals surface area contributed by atoms with Crippen molar-refractivity contribution in [2.75, 3.05) is 5.01 Å². The minimum Gasteiger partial charge on any atom is -0.369 e. The predicted molar refractivity (Wildman–Crippen MR) is 97.7 cm³/mol. The maximum Gasteiger partial charge on any atom is 0.431 e. The summed E-state index contributed by atoms with van der Waals surface area (Å²) in [5, 5.41) is 14.3. The van der Waals surface area contributed by atoms with E-state index in [1.807, 2.05) is 0 Å². The van der Waals surface area contributed by atoms with Gasteiger partial charge in [-0.05, 0) is 39.7 Å². The number of hydrogen-bond donors (Lipinski definition) is 1. The van der Waals surface area contributed by atoms with Crippen molar-refractivity contribution in [1.29, 1.82) is 0 Å². The van der Waals surface area contributed by atoms with Crippen molar-refractivity contribution in [3.05, 3.63) is 57.8 Å². The van der Waals surface area contributed by atoms with Gasteiger partial charge >= 0.3 is 12.4 Å². The van der Waals surface area contributed by atoms with Crippen molar-refractivity contribution >= 4 is 38.9 Å². The van der Waals surface area contributed by atoms with Gasteiger partial charge in [0, 0.05) is 12.6 Å². The number of aliphatic hydroxyl groups is 1. The van der Waals surface area contributed by atoms with Crippen LogP contribution in [-0.2, 0) is 0 Å². The van der Waals surface area contributed by atoms with E-state index in [2.05, 4.69) is 26.0 Å². The summed E-state index contributed by atoms with van der Waals surface area (Å²) in [6, 6.07) is 7.73. The molecule has 4 nitrogen and oxygen atoms in total. The molecule has 1 aromatic carbocycles. The van der Waals surface area contributed by atoms with Gasteiger partial charge < -0.3 is 5.11 Å². The van der Waals surface area contributed by atoms with E-state index in [-0.39, 0.29) is 10.7 Å². The average Bonchev–Trinajstić information content (AvgIpc) is 3.05. The molecule has 1 aromatic heterocycles. The van der Waals surface area contributed by atoms with Crippen molar-refractivity contribution in [2.45, 2.75) is 30.4 Å². The fourth-order valence-corrected chi connectivity index (χ4v) is 3.38. The number of alkyl halides is 6. The zero-order chi connectivity index (χ0) is 21.6. The molecule has 1 atom stereocenters. The molecule has 1 aliphatic heterocycles. The van der Waals surface area contributed by atoms with Crippen molar-refractivity contribution in [3.8, 4) is 0 Å². The summed E-state index contributed by atoms with van der Waals surface area (Å²) in [5.41, 5.74) is -6.20. The Morgan fingerprint density at radius 2 is 1.66 bits per heavy atom. The third kappa shape index (κ3) is 3.82. The van der Waals surface area contributed by atoms with Crippen LogP contribution in [0.3, 0.4) is 0 Å². The topological polar surface area (TPSA) is 48.7 Å². The first kappa shape index (κ1) is 21.8. The molecule has 1 aliphatic rings. The number of hydrazone groups is 1. The Morgan fingerprint density at radius 1 is 1.03 bits per heavy atom. The predicted octanol–water partition coefficient (Wildman–Crippen LogP) is 5.66. The van der Waals surface area contributed by atoms with Crippen LogP contribution in [0, 0.1) is 0 Å². The van der Waals surface area contributed by atoms with Gasteiger partial charge in [-0.15, -0.1) is 0 Å². The Hall–Kier alpha value is -1.85. The molecule has 29 heavy (non-hydrogen) atoms. The Balaban J connectivity index is 2.16. The first-order valence-corrected chi connectivity index (χ1v) is 9.12. The second kappa shape index (κ2) is 7.44.